The predicted molar refractivity (Wildman–Crippen MR) is 229 cm³/mol. The summed E-state index contributed by atoms with van der Waals surface area (Å²) in [7, 11) is 0. The van der Waals surface area contributed by atoms with E-state index in [1.807, 2.05) is 0 Å². The minimum atomic E-state index is -1.67. The molecular weight excluding hydrogens is 842 g/mol. The van der Waals surface area contributed by atoms with Gasteiger partial charge in [-0.15, -0.1) is 0 Å². The van der Waals surface area contributed by atoms with E-state index in [1.54, 1.807) is 41.5 Å². The van der Waals surface area contributed by atoms with Crippen LogP contribution in [0.3, 0.4) is 0 Å². The molecule has 1 heterocycles. The topological polar surface area (TPSA) is 365 Å². The highest BCUT2D eigenvalue weighted by Crippen LogP contribution is 2.19. The van der Waals surface area contributed by atoms with E-state index < -0.39 is 163 Å². The van der Waals surface area contributed by atoms with Crippen LogP contribution in [0, 0.1) is 23.7 Å². The van der Waals surface area contributed by atoms with Crippen LogP contribution >= 0.6 is 0 Å². The Morgan fingerprint density at radius 1 is 0.625 bits per heavy atom. The van der Waals surface area contributed by atoms with Gasteiger partial charge in [0.25, 0.3) is 0 Å². The average Bonchev–Trinajstić information content (AvgIpc) is 3.71. The second kappa shape index (κ2) is 26.4. The summed E-state index contributed by atoms with van der Waals surface area (Å²) < 4.78 is 0. The molecule has 1 rings (SSSR count). The van der Waals surface area contributed by atoms with Crippen molar-refractivity contribution < 1.29 is 68.4 Å². The number of nitrogens with zero attached hydrogens (tertiary/aromatic N) is 1. The Balaban J connectivity index is 3.18. The number of hydrogen-bond acceptors (Lipinski definition) is 13. The second-order valence-corrected chi connectivity index (χ2v) is 17.3. The van der Waals surface area contributed by atoms with Crippen LogP contribution in [-0.4, -0.2) is 158 Å². The van der Waals surface area contributed by atoms with E-state index in [4.69, 9.17) is 5.73 Å². The summed E-state index contributed by atoms with van der Waals surface area (Å²) in [6.07, 6.45) is -1.16. The van der Waals surface area contributed by atoms with Crippen molar-refractivity contribution in [3.05, 3.63) is 0 Å². The second-order valence-electron chi connectivity index (χ2n) is 17.3. The molecule has 0 aromatic rings. The maximum absolute atomic E-state index is 13.6. The highest BCUT2D eigenvalue weighted by molar-refractivity contribution is 5.98. The van der Waals surface area contributed by atoms with Gasteiger partial charge in [-0.2, -0.15) is 0 Å². The fourth-order valence-electron chi connectivity index (χ4n) is 6.64. The first-order chi connectivity index (χ1) is 29.7. The van der Waals surface area contributed by atoms with Crippen LogP contribution in [-0.2, 0) is 47.9 Å². The summed E-state index contributed by atoms with van der Waals surface area (Å²) in [5, 5.41) is 56.1. The van der Waals surface area contributed by atoms with Crippen molar-refractivity contribution in [3.8, 4) is 0 Å². The molecule has 8 amide bonds. The third-order valence-corrected chi connectivity index (χ3v) is 11.0. The summed E-state index contributed by atoms with van der Waals surface area (Å²) in [5.41, 5.74) is 5.79. The Hall–Kier alpha value is -5.42. The lowest BCUT2D eigenvalue weighted by molar-refractivity contribution is -0.144. The lowest BCUT2D eigenvalue weighted by Gasteiger charge is -2.30. The number of nitrogens with two attached hydrogens (primary N) is 1. The van der Waals surface area contributed by atoms with Crippen LogP contribution in [0.15, 0.2) is 0 Å². The zero-order valence-electron chi connectivity index (χ0n) is 38.4. The maximum Gasteiger partial charge on any atom is 0.326 e. The number of amides is 8. The van der Waals surface area contributed by atoms with Crippen LogP contribution in [0.4, 0.5) is 0 Å². The van der Waals surface area contributed by atoms with Gasteiger partial charge in [0.1, 0.15) is 54.4 Å². The van der Waals surface area contributed by atoms with Crippen molar-refractivity contribution in [2.24, 2.45) is 29.4 Å². The number of carbonyl (C=O) groups excluding carboxylic acids is 8. The molecule has 1 aliphatic heterocycles. The molecule has 1 fully saturated rings. The minimum absolute atomic E-state index is 0.192. The lowest BCUT2D eigenvalue weighted by Crippen LogP contribution is -2.62. The van der Waals surface area contributed by atoms with Gasteiger partial charge in [0, 0.05) is 13.0 Å². The number of rotatable bonds is 26. The third kappa shape index (κ3) is 16.9. The summed E-state index contributed by atoms with van der Waals surface area (Å²) in [4.78, 5) is 131. The molecule has 1 aliphatic rings. The molecule has 364 valence electrons. The first-order valence-electron chi connectivity index (χ1n) is 21.6. The van der Waals surface area contributed by atoms with Crippen molar-refractivity contribution in [3.63, 3.8) is 0 Å². The van der Waals surface area contributed by atoms with Gasteiger partial charge in [-0.3, -0.25) is 43.2 Å². The lowest BCUT2D eigenvalue weighted by atomic mass is 9.95. The number of aliphatic hydroxyl groups excluding tert-OH is 2. The van der Waals surface area contributed by atoms with Gasteiger partial charge in [0.15, 0.2) is 0 Å². The van der Waals surface area contributed by atoms with Gasteiger partial charge in [0.2, 0.25) is 47.3 Å². The number of hydrogen-bond donors (Lipinski definition) is 12. The Bertz CT molecular complexity index is 1680. The number of carboxylic acids is 2. The van der Waals surface area contributed by atoms with Gasteiger partial charge < -0.3 is 68.3 Å². The van der Waals surface area contributed by atoms with Gasteiger partial charge in [0.05, 0.1) is 12.7 Å². The van der Waals surface area contributed by atoms with E-state index in [0.717, 1.165) is 0 Å². The van der Waals surface area contributed by atoms with Crippen LogP contribution in [0.2, 0.25) is 0 Å². The van der Waals surface area contributed by atoms with Crippen LogP contribution < -0.4 is 43.0 Å². The Labute approximate surface area is 373 Å². The smallest absolute Gasteiger partial charge is 0.326 e. The van der Waals surface area contributed by atoms with Crippen LogP contribution in [0.1, 0.15) is 101 Å². The molecule has 0 aromatic heterocycles. The third-order valence-electron chi connectivity index (χ3n) is 11.0. The SMILES string of the molecule is CC[C@H](C)[C@H](NC(=O)[C@H](CO)NC(=O)[C@@H](NC(=O)[C@H](CCC(=O)O)NC(=O)[C@H](C)NC(=O)[C@@H]1CCCN1C(=O)[C@@H](N)[C@@H](C)O)C(C)C)C(=O)N[C@H](C(=O)N[C@H](C(=O)O)C(C)C)C(C)C. The van der Waals surface area contributed by atoms with Gasteiger partial charge in [-0.25, -0.2) is 4.79 Å². The maximum atomic E-state index is 13.6. The van der Waals surface area contributed by atoms with Crippen LogP contribution in [0.5, 0.6) is 0 Å². The molecular formula is C41H71N9O14. The number of likely N-dealkylation sites (tertiary alicyclic amines) is 1. The molecule has 0 aromatic carbocycles. The highest BCUT2D eigenvalue weighted by atomic mass is 16.4. The van der Waals surface area contributed by atoms with Crippen molar-refractivity contribution in [1.82, 2.24) is 42.1 Å². The fraction of sp³-hybridized carbons (Fsp3) is 0.756. The molecule has 0 unspecified atom stereocenters. The largest absolute Gasteiger partial charge is 0.481 e. The average molecular weight is 914 g/mol. The number of carboxylic acid groups (broad SMARTS) is 2. The molecule has 0 aliphatic carbocycles. The van der Waals surface area contributed by atoms with E-state index in [1.165, 1.54) is 32.6 Å². The number of aliphatic carboxylic acids is 2. The van der Waals surface area contributed by atoms with Gasteiger partial charge in [-0.1, -0.05) is 61.8 Å². The fourth-order valence-corrected chi connectivity index (χ4v) is 6.64. The molecule has 0 radical (unpaired) electrons. The zero-order valence-corrected chi connectivity index (χ0v) is 38.4. The molecule has 13 N–H and O–H groups in total. The van der Waals surface area contributed by atoms with Crippen molar-refractivity contribution in [2.75, 3.05) is 13.2 Å². The van der Waals surface area contributed by atoms with Crippen molar-refractivity contribution in [2.45, 2.75) is 162 Å². The van der Waals surface area contributed by atoms with E-state index in [-0.39, 0.29) is 13.0 Å². The van der Waals surface area contributed by atoms with Gasteiger partial charge >= 0.3 is 11.9 Å². The standard InChI is InChI=1S/C41H71N9O14/c1-11-21(8)32(39(61)47-30(19(4)5)38(60)48-31(20(6)7)41(63)64)49-35(57)25(17-51)45-37(59)29(18(2)3)46-34(56)24(14-15-27(53)54)44-33(55)22(9)43-36(58)26-13-12-16-50(26)40(62)28(42)23(10)52/h18-26,28-32,51-52H,11-17,42H2,1-10H3,(H,43,58)(H,44,55)(H,45,59)(H,46,56)(H,47,61)(H,48,60)(H,49,57)(H,53,54)(H,63,64)/t21-,22-,23+,24-,25-,26-,28-,29-,30-,31-,32-/m0/s1. The number of carbonyl (C=O) groups is 10. The molecule has 0 bridgehead atoms. The summed E-state index contributed by atoms with van der Waals surface area (Å²) >= 11 is 0. The summed E-state index contributed by atoms with van der Waals surface area (Å²) in [5.74, 6) is -11.6. The molecule has 0 saturated carbocycles. The van der Waals surface area contributed by atoms with E-state index >= 15 is 0 Å². The van der Waals surface area contributed by atoms with Crippen LogP contribution in [0.25, 0.3) is 0 Å². The first-order valence-corrected chi connectivity index (χ1v) is 21.6. The molecule has 11 atom stereocenters. The molecule has 64 heavy (non-hydrogen) atoms. The quantitative estimate of drug-likeness (QED) is 0.0413. The van der Waals surface area contributed by atoms with E-state index in [9.17, 15) is 68.4 Å². The summed E-state index contributed by atoms with van der Waals surface area (Å²) in [6, 6.07) is -11.9. The zero-order chi connectivity index (χ0) is 49.3. The van der Waals surface area contributed by atoms with E-state index in [2.05, 4.69) is 37.2 Å². The summed E-state index contributed by atoms with van der Waals surface area (Å²) in [6.45, 7) is 14.8. The Morgan fingerprint density at radius 3 is 1.55 bits per heavy atom. The van der Waals surface area contributed by atoms with E-state index in [0.29, 0.717) is 12.8 Å². The molecule has 0 spiro atoms. The van der Waals surface area contributed by atoms with Crippen molar-refractivity contribution >= 4 is 59.2 Å². The predicted octanol–water partition coefficient (Wildman–Crippen LogP) is -2.95. The van der Waals surface area contributed by atoms with Crippen molar-refractivity contribution in [1.29, 1.82) is 0 Å². The number of aliphatic hydroxyl groups is 2. The Kier molecular flexibility index (Phi) is 23.3. The molecule has 1 saturated heterocycles. The van der Waals surface area contributed by atoms with Gasteiger partial charge in [-0.05, 0) is 56.8 Å². The Morgan fingerprint density at radius 2 is 1.08 bits per heavy atom. The number of nitrogens with one attached hydrogen (secondary N) is 7. The highest BCUT2D eigenvalue weighted by Gasteiger charge is 2.40. The molecule has 23 nitrogen and oxygen atoms in total. The minimum Gasteiger partial charge on any atom is -0.481 e. The normalized spacial score (nSPS) is 18.5. The monoisotopic (exact) mass is 914 g/mol. The molecule has 23 heteroatoms. The first kappa shape index (κ1) is 56.6.